The summed E-state index contributed by atoms with van der Waals surface area (Å²) in [5.74, 6) is -0.371. The number of rotatable bonds is 2. The molecule has 1 atom stereocenters. The van der Waals surface area contributed by atoms with E-state index in [4.69, 9.17) is 11.0 Å². The normalized spacial score (nSPS) is 19.4. The molecule has 1 heterocycles. The van der Waals surface area contributed by atoms with Crippen LogP contribution < -0.4 is 10.6 Å². The van der Waals surface area contributed by atoms with E-state index >= 15 is 0 Å². The van der Waals surface area contributed by atoms with Crippen molar-refractivity contribution in [1.82, 2.24) is 0 Å². The highest BCUT2D eigenvalue weighted by Crippen LogP contribution is 2.33. The van der Waals surface area contributed by atoms with Crippen LogP contribution in [0.3, 0.4) is 0 Å². The van der Waals surface area contributed by atoms with Gasteiger partial charge in [-0.2, -0.15) is 5.26 Å². The van der Waals surface area contributed by atoms with Crippen LogP contribution in [0.5, 0.6) is 0 Å². The van der Waals surface area contributed by atoms with Gasteiger partial charge in [0.2, 0.25) is 0 Å². The quantitative estimate of drug-likeness (QED) is 0.912. The maximum absolute atomic E-state index is 14.1. The fraction of sp³-hybridized carbons (Fsp3) is 0.417. The number of benzene rings is 1. The van der Waals surface area contributed by atoms with Crippen LogP contribution >= 0.6 is 15.9 Å². The molecule has 2 rings (SSSR count). The summed E-state index contributed by atoms with van der Waals surface area (Å²) in [6, 6.07) is 5.44. The lowest BCUT2D eigenvalue weighted by Crippen LogP contribution is -2.35. The largest absolute Gasteiger partial charge is 0.365 e. The first-order valence-electron chi connectivity index (χ1n) is 5.54. The van der Waals surface area contributed by atoms with Crippen LogP contribution in [-0.2, 0) is 0 Å². The van der Waals surface area contributed by atoms with Crippen LogP contribution in [0.2, 0.25) is 0 Å². The molecule has 90 valence electrons. The summed E-state index contributed by atoms with van der Waals surface area (Å²) in [6.45, 7) is 1.34. The minimum Gasteiger partial charge on any atom is -0.365 e. The van der Waals surface area contributed by atoms with Crippen molar-refractivity contribution in [2.45, 2.75) is 18.9 Å². The molecule has 5 heteroatoms. The topological polar surface area (TPSA) is 53.0 Å². The Balaban J connectivity index is 2.40. The van der Waals surface area contributed by atoms with Crippen molar-refractivity contribution < 1.29 is 4.39 Å². The average Bonchev–Trinajstić information content (AvgIpc) is 2.80. The molecular weight excluding hydrogens is 285 g/mol. The molecule has 0 bridgehead atoms. The van der Waals surface area contributed by atoms with E-state index in [9.17, 15) is 4.39 Å². The van der Waals surface area contributed by atoms with Crippen molar-refractivity contribution in [1.29, 1.82) is 5.26 Å². The molecule has 17 heavy (non-hydrogen) atoms. The van der Waals surface area contributed by atoms with Gasteiger partial charge in [0.1, 0.15) is 6.07 Å². The van der Waals surface area contributed by atoms with Crippen LogP contribution in [0.4, 0.5) is 10.1 Å². The van der Waals surface area contributed by atoms with E-state index in [1.807, 2.05) is 11.0 Å². The molecule has 1 saturated heterocycles. The van der Waals surface area contributed by atoms with Gasteiger partial charge in [-0.25, -0.2) is 4.39 Å². The molecule has 3 nitrogen and oxygen atoms in total. The van der Waals surface area contributed by atoms with Gasteiger partial charge in [0, 0.05) is 19.1 Å². The van der Waals surface area contributed by atoms with E-state index in [-0.39, 0.29) is 16.3 Å². The van der Waals surface area contributed by atoms with E-state index < -0.39 is 0 Å². The smallest absolute Gasteiger partial charge is 0.161 e. The molecule has 1 unspecified atom stereocenters. The molecule has 1 aliphatic rings. The summed E-state index contributed by atoms with van der Waals surface area (Å²) in [7, 11) is 0. The molecular formula is C12H13BrFN3. The van der Waals surface area contributed by atoms with Gasteiger partial charge in [-0.05, 0) is 40.9 Å². The van der Waals surface area contributed by atoms with Gasteiger partial charge < -0.3 is 10.6 Å². The number of nitrogens with zero attached hydrogens (tertiary/aromatic N) is 2. The Morgan fingerprint density at radius 2 is 2.35 bits per heavy atom. The third-order valence-corrected chi connectivity index (χ3v) is 3.92. The molecule has 1 fully saturated rings. The van der Waals surface area contributed by atoms with Crippen molar-refractivity contribution in [2.75, 3.05) is 18.0 Å². The maximum Gasteiger partial charge on any atom is 0.161 e. The van der Waals surface area contributed by atoms with Crippen molar-refractivity contribution in [3.63, 3.8) is 0 Å². The van der Waals surface area contributed by atoms with Crippen LogP contribution in [0.1, 0.15) is 18.4 Å². The maximum atomic E-state index is 14.1. The molecule has 1 aromatic carbocycles. The summed E-state index contributed by atoms with van der Waals surface area (Å²) in [4.78, 5) is 1.99. The Bertz CT molecular complexity index is 470. The van der Waals surface area contributed by atoms with Crippen LogP contribution in [0.15, 0.2) is 16.6 Å². The Labute approximate surface area is 108 Å². The zero-order chi connectivity index (χ0) is 12.4. The Hall–Kier alpha value is -1.12. The van der Waals surface area contributed by atoms with Crippen molar-refractivity contribution >= 4 is 21.6 Å². The minimum absolute atomic E-state index is 0.198. The predicted molar refractivity (Wildman–Crippen MR) is 68.2 cm³/mol. The van der Waals surface area contributed by atoms with Crippen LogP contribution in [0.25, 0.3) is 0 Å². The molecule has 1 aromatic rings. The molecule has 0 saturated carbocycles. The molecule has 0 amide bonds. The second-order valence-corrected chi connectivity index (χ2v) is 4.89. The lowest BCUT2D eigenvalue weighted by atomic mass is 10.1. The third kappa shape index (κ3) is 2.15. The van der Waals surface area contributed by atoms with Gasteiger partial charge in [-0.3, -0.25) is 0 Å². The Morgan fingerprint density at radius 3 is 3.00 bits per heavy atom. The number of hydrogen-bond donors (Lipinski definition) is 1. The molecule has 2 N–H and O–H groups in total. The first kappa shape index (κ1) is 12.3. The van der Waals surface area contributed by atoms with Gasteiger partial charge in [-0.1, -0.05) is 0 Å². The summed E-state index contributed by atoms with van der Waals surface area (Å²) in [5, 5.41) is 8.82. The molecule has 0 aromatic heterocycles. The standard InChI is InChI=1S/C12H13BrFN3/c13-11-8(6-15)3-4-10(12(11)14)17-5-1-2-9(17)7-16/h3-4,9H,1-2,5,7,16H2. The lowest BCUT2D eigenvalue weighted by molar-refractivity contribution is 0.600. The third-order valence-electron chi connectivity index (χ3n) is 3.14. The molecule has 0 spiro atoms. The highest BCUT2D eigenvalue weighted by molar-refractivity contribution is 9.10. The monoisotopic (exact) mass is 297 g/mol. The summed E-state index contributed by atoms with van der Waals surface area (Å²) >= 11 is 3.12. The molecule has 0 aliphatic carbocycles. The SMILES string of the molecule is N#Cc1ccc(N2CCCC2CN)c(F)c1Br. The van der Waals surface area contributed by atoms with Gasteiger partial charge in [0.25, 0.3) is 0 Å². The van der Waals surface area contributed by atoms with Crippen LogP contribution in [-0.4, -0.2) is 19.1 Å². The fourth-order valence-corrected chi connectivity index (χ4v) is 2.67. The van der Waals surface area contributed by atoms with Gasteiger partial charge >= 0.3 is 0 Å². The number of anilines is 1. The van der Waals surface area contributed by atoms with Gasteiger partial charge in [0.15, 0.2) is 5.82 Å². The zero-order valence-corrected chi connectivity index (χ0v) is 10.9. The highest BCUT2D eigenvalue weighted by Gasteiger charge is 2.26. The summed E-state index contributed by atoms with van der Waals surface area (Å²) in [5.41, 5.74) is 6.52. The van der Waals surface area contributed by atoms with E-state index in [1.54, 1.807) is 12.1 Å². The van der Waals surface area contributed by atoms with E-state index in [2.05, 4.69) is 15.9 Å². The van der Waals surface area contributed by atoms with Crippen molar-refractivity contribution in [3.05, 3.63) is 28.0 Å². The number of nitrogens with two attached hydrogens (primary N) is 1. The fourth-order valence-electron chi connectivity index (χ4n) is 2.25. The van der Waals surface area contributed by atoms with Crippen LogP contribution in [0, 0.1) is 17.1 Å². The van der Waals surface area contributed by atoms with E-state index in [0.717, 1.165) is 19.4 Å². The average molecular weight is 298 g/mol. The first-order chi connectivity index (χ1) is 8.19. The molecule has 0 radical (unpaired) electrons. The summed E-state index contributed by atoms with van der Waals surface area (Å²) in [6.07, 6.45) is 2.02. The van der Waals surface area contributed by atoms with Crippen molar-refractivity contribution in [3.8, 4) is 6.07 Å². The van der Waals surface area contributed by atoms with Gasteiger partial charge in [0.05, 0.1) is 15.7 Å². The Morgan fingerprint density at radius 1 is 1.59 bits per heavy atom. The second kappa shape index (κ2) is 5.03. The summed E-state index contributed by atoms with van der Waals surface area (Å²) < 4.78 is 14.4. The minimum atomic E-state index is -0.371. The number of nitriles is 1. The lowest BCUT2D eigenvalue weighted by Gasteiger charge is -2.26. The first-order valence-corrected chi connectivity index (χ1v) is 6.33. The highest BCUT2D eigenvalue weighted by atomic mass is 79.9. The number of hydrogen-bond acceptors (Lipinski definition) is 3. The molecule has 1 aliphatic heterocycles. The van der Waals surface area contributed by atoms with E-state index in [0.29, 0.717) is 17.8 Å². The van der Waals surface area contributed by atoms with E-state index in [1.165, 1.54) is 0 Å². The predicted octanol–water partition coefficient (Wildman–Crippen LogP) is 2.39. The zero-order valence-electron chi connectivity index (χ0n) is 9.29. The van der Waals surface area contributed by atoms with Gasteiger partial charge in [-0.15, -0.1) is 0 Å². The van der Waals surface area contributed by atoms with Crippen molar-refractivity contribution in [2.24, 2.45) is 5.73 Å². The number of halogens is 2. The Kier molecular flexibility index (Phi) is 3.65. The second-order valence-electron chi connectivity index (χ2n) is 4.10.